The maximum atomic E-state index is 11.9. The fourth-order valence-electron chi connectivity index (χ4n) is 2.53. The van der Waals surface area contributed by atoms with Gasteiger partial charge in [-0.05, 0) is 12.5 Å². The highest BCUT2D eigenvalue weighted by molar-refractivity contribution is 5.76. The summed E-state index contributed by atoms with van der Waals surface area (Å²) in [6, 6.07) is 10.1. The predicted octanol–water partition coefficient (Wildman–Crippen LogP) is 1.18. The molecule has 1 unspecified atom stereocenters. The summed E-state index contributed by atoms with van der Waals surface area (Å²) in [6.45, 7) is 8.36. The maximum Gasteiger partial charge on any atom is 0.221 e. The normalized spacial score (nSPS) is 17.1. The molecule has 22 heavy (non-hydrogen) atoms. The van der Waals surface area contributed by atoms with Crippen molar-refractivity contribution < 1.29 is 9.53 Å². The van der Waals surface area contributed by atoms with Crippen LogP contribution in [0.2, 0.25) is 0 Å². The molecule has 2 N–H and O–H groups in total. The lowest BCUT2D eigenvalue weighted by Crippen LogP contribution is -2.40. The number of rotatable bonds is 8. The number of nitrogens with one attached hydrogen (secondary N) is 2. The molecule has 2 rings (SSSR count). The summed E-state index contributed by atoms with van der Waals surface area (Å²) >= 11 is 0. The fraction of sp³-hybridized carbons (Fsp3) is 0.588. The molecule has 0 bridgehead atoms. The number of amides is 1. The van der Waals surface area contributed by atoms with Gasteiger partial charge in [0.1, 0.15) is 0 Å². The first kappa shape index (κ1) is 16.9. The van der Waals surface area contributed by atoms with Crippen LogP contribution in [0.15, 0.2) is 30.3 Å². The number of hydrogen-bond donors (Lipinski definition) is 2. The van der Waals surface area contributed by atoms with Gasteiger partial charge in [-0.25, -0.2) is 0 Å². The van der Waals surface area contributed by atoms with E-state index in [1.54, 1.807) is 0 Å². The van der Waals surface area contributed by atoms with Crippen molar-refractivity contribution in [2.45, 2.75) is 19.4 Å². The zero-order valence-electron chi connectivity index (χ0n) is 13.4. The number of carbonyl (C=O) groups is 1. The molecule has 122 valence electrons. The van der Waals surface area contributed by atoms with Crippen molar-refractivity contribution in [3.05, 3.63) is 35.9 Å². The van der Waals surface area contributed by atoms with Crippen molar-refractivity contribution in [3.63, 3.8) is 0 Å². The summed E-state index contributed by atoms with van der Waals surface area (Å²) in [5, 5.41) is 6.36. The Balaban J connectivity index is 1.54. The summed E-state index contributed by atoms with van der Waals surface area (Å²) in [6.07, 6.45) is 0.514. The highest BCUT2D eigenvalue weighted by Crippen LogP contribution is 2.10. The van der Waals surface area contributed by atoms with E-state index in [1.807, 2.05) is 37.3 Å². The Bertz CT molecular complexity index is 433. The molecule has 5 nitrogen and oxygen atoms in total. The van der Waals surface area contributed by atoms with Crippen molar-refractivity contribution in [2.24, 2.45) is 0 Å². The Morgan fingerprint density at radius 2 is 1.95 bits per heavy atom. The van der Waals surface area contributed by atoms with Gasteiger partial charge in [-0.2, -0.15) is 0 Å². The number of benzene rings is 1. The van der Waals surface area contributed by atoms with Gasteiger partial charge in [0.15, 0.2) is 0 Å². The second-order valence-corrected chi connectivity index (χ2v) is 5.65. The molecule has 0 aromatic heterocycles. The van der Waals surface area contributed by atoms with Gasteiger partial charge in [-0.3, -0.25) is 9.69 Å². The summed E-state index contributed by atoms with van der Waals surface area (Å²) in [5.74, 6) is 0.0928. The minimum Gasteiger partial charge on any atom is -0.379 e. The van der Waals surface area contributed by atoms with Crippen LogP contribution in [0.3, 0.4) is 0 Å². The van der Waals surface area contributed by atoms with Gasteiger partial charge in [0.05, 0.1) is 19.3 Å². The molecule has 1 saturated heterocycles. The number of hydrogen-bond acceptors (Lipinski definition) is 4. The van der Waals surface area contributed by atoms with Crippen molar-refractivity contribution in [3.8, 4) is 0 Å². The van der Waals surface area contributed by atoms with E-state index in [4.69, 9.17) is 4.74 Å². The van der Waals surface area contributed by atoms with Crippen molar-refractivity contribution in [1.82, 2.24) is 15.5 Å². The van der Waals surface area contributed by atoms with Crippen LogP contribution in [0.1, 0.15) is 24.9 Å². The van der Waals surface area contributed by atoms with Gasteiger partial charge in [-0.15, -0.1) is 0 Å². The number of carbonyl (C=O) groups excluding carboxylic acids is 1. The lowest BCUT2D eigenvalue weighted by Gasteiger charge is -2.26. The summed E-state index contributed by atoms with van der Waals surface area (Å²) < 4.78 is 5.32. The van der Waals surface area contributed by atoms with Crippen LogP contribution in [0.5, 0.6) is 0 Å². The molecule has 1 aliphatic rings. The topological polar surface area (TPSA) is 53.6 Å². The second-order valence-electron chi connectivity index (χ2n) is 5.65. The Hall–Kier alpha value is -1.43. The van der Waals surface area contributed by atoms with Crippen molar-refractivity contribution in [2.75, 3.05) is 45.9 Å². The number of ether oxygens (including phenoxy) is 1. The van der Waals surface area contributed by atoms with E-state index in [2.05, 4.69) is 15.5 Å². The molecular formula is C17H27N3O2. The molecule has 1 aliphatic heterocycles. The predicted molar refractivity (Wildman–Crippen MR) is 87.7 cm³/mol. The third-order valence-corrected chi connectivity index (χ3v) is 3.91. The second kappa shape index (κ2) is 9.56. The SMILES string of the molecule is CC(NC(=O)CCNCCN1CCOCC1)c1ccccc1. The van der Waals surface area contributed by atoms with Crippen LogP contribution in [-0.4, -0.2) is 56.7 Å². The van der Waals surface area contributed by atoms with Crippen LogP contribution >= 0.6 is 0 Å². The Kier molecular flexibility index (Phi) is 7.36. The molecule has 0 aliphatic carbocycles. The van der Waals surface area contributed by atoms with Gasteiger partial charge in [0.2, 0.25) is 5.91 Å². The third kappa shape index (κ3) is 6.13. The molecule has 0 radical (unpaired) electrons. The zero-order chi connectivity index (χ0) is 15.6. The standard InChI is InChI=1S/C17H27N3O2/c1-15(16-5-3-2-4-6-16)19-17(21)7-8-18-9-10-20-11-13-22-14-12-20/h2-6,15,18H,7-14H2,1H3,(H,19,21). The van der Waals surface area contributed by atoms with Crippen LogP contribution in [-0.2, 0) is 9.53 Å². The number of nitrogens with zero attached hydrogens (tertiary/aromatic N) is 1. The van der Waals surface area contributed by atoms with E-state index >= 15 is 0 Å². The smallest absolute Gasteiger partial charge is 0.221 e. The third-order valence-electron chi connectivity index (χ3n) is 3.91. The molecule has 1 heterocycles. The van der Waals surface area contributed by atoms with Crippen LogP contribution in [0.4, 0.5) is 0 Å². The molecule has 1 aromatic carbocycles. The highest BCUT2D eigenvalue weighted by Gasteiger charge is 2.10. The summed E-state index contributed by atoms with van der Waals surface area (Å²) in [4.78, 5) is 14.3. The fourth-order valence-corrected chi connectivity index (χ4v) is 2.53. The summed E-state index contributed by atoms with van der Waals surface area (Å²) in [7, 11) is 0. The molecular weight excluding hydrogens is 278 g/mol. The van der Waals surface area contributed by atoms with Crippen molar-refractivity contribution in [1.29, 1.82) is 0 Å². The first-order chi connectivity index (χ1) is 10.8. The molecule has 0 saturated carbocycles. The minimum absolute atomic E-state index is 0.0575. The monoisotopic (exact) mass is 305 g/mol. The van der Waals surface area contributed by atoms with Gasteiger partial charge in [0.25, 0.3) is 0 Å². The molecule has 1 aromatic rings. The lowest BCUT2D eigenvalue weighted by atomic mass is 10.1. The zero-order valence-corrected chi connectivity index (χ0v) is 13.4. The quantitative estimate of drug-likeness (QED) is 0.708. The molecule has 5 heteroatoms. The van der Waals surface area contributed by atoms with Gasteiger partial charge < -0.3 is 15.4 Å². The molecule has 1 fully saturated rings. The largest absolute Gasteiger partial charge is 0.379 e. The van der Waals surface area contributed by atoms with Gasteiger partial charge in [-0.1, -0.05) is 30.3 Å². The van der Waals surface area contributed by atoms with E-state index in [-0.39, 0.29) is 11.9 Å². The molecule has 0 spiro atoms. The molecule has 1 amide bonds. The van der Waals surface area contributed by atoms with E-state index < -0.39 is 0 Å². The van der Waals surface area contributed by atoms with Crippen molar-refractivity contribution >= 4 is 5.91 Å². The van der Waals surface area contributed by atoms with E-state index in [0.717, 1.165) is 51.5 Å². The average Bonchev–Trinajstić information content (AvgIpc) is 2.56. The Morgan fingerprint density at radius 1 is 1.23 bits per heavy atom. The van der Waals surface area contributed by atoms with Gasteiger partial charge in [0, 0.05) is 39.1 Å². The highest BCUT2D eigenvalue weighted by atomic mass is 16.5. The average molecular weight is 305 g/mol. The van der Waals surface area contributed by atoms with Crippen LogP contribution < -0.4 is 10.6 Å². The Labute approximate surface area is 133 Å². The minimum atomic E-state index is 0.0575. The molecule has 1 atom stereocenters. The summed E-state index contributed by atoms with van der Waals surface area (Å²) in [5.41, 5.74) is 1.14. The van der Waals surface area contributed by atoms with Crippen LogP contribution in [0.25, 0.3) is 0 Å². The van der Waals surface area contributed by atoms with E-state index in [1.165, 1.54) is 0 Å². The Morgan fingerprint density at radius 3 is 2.68 bits per heavy atom. The first-order valence-corrected chi connectivity index (χ1v) is 8.11. The van der Waals surface area contributed by atoms with Gasteiger partial charge >= 0.3 is 0 Å². The maximum absolute atomic E-state index is 11.9. The lowest BCUT2D eigenvalue weighted by molar-refractivity contribution is -0.121. The van der Waals surface area contributed by atoms with E-state index in [9.17, 15) is 4.79 Å². The first-order valence-electron chi connectivity index (χ1n) is 8.11. The van der Waals surface area contributed by atoms with E-state index in [0.29, 0.717) is 6.42 Å². The van der Waals surface area contributed by atoms with Crippen LogP contribution in [0, 0.1) is 0 Å². The number of morpholine rings is 1.